The highest BCUT2D eigenvalue weighted by Crippen LogP contribution is 2.18. The highest BCUT2D eigenvalue weighted by molar-refractivity contribution is 6.30. The van der Waals surface area contributed by atoms with Gasteiger partial charge in [-0.3, -0.25) is 4.79 Å². The van der Waals surface area contributed by atoms with Crippen molar-refractivity contribution in [3.8, 4) is 0 Å². The monoisotopic (exact) mass is 302 g/mol. The number of carboxylic acids is 1. The van der Waals surface area contributed by atoms with Crippen LogP contribution in [0.25, 0.3) is 0 Å². The van der Waals surface area contributed by atoms with Crippen molar-refractivity contribution in [2.24, 2.45) is 5.92 Å². The van der Waals surface area contributed by atoms with Gasteiger partial charge in [-0.25, -0.2) is 0 Å². The fraction of sp³-hybridized carbons (Fsp3) is 0.278. The normalized spacial score (nSPS) is 12.0. The second kappa shape index (κ2) is 7.84. The SMILES string of the molecule is O=C(O)C(CCCc1ccccc1)Cc1ccc(Cl)cc1. The Labute approximate surface area is 130 Å². The molecule has 0 aliphatic heterocycles. The van der Waals surface area contributed by atoms with E-state index < -0.39 is 5.97 Å². The van der Waals surface area contributed by atoms with Crippen molar-refractivity contribution < 1.29 is 9.90 Å². The lowest BCUT2D eigenvalue weighted by Crippen LogP contribution is -2.16. The van der Waals surface area contributed by atoms with E-state index in [0.717, 1.165) is 18.4 Å². The Hall–Kier alpha value is -1.80. The van der Waals surface area contributed by atoms with Crippen LogP contribution in [0, 0.1) is 5.92 Å². The Kier molecular flexibility index (Phi) is 5.82. The fourth-order valence-electron chi connectivity index (χ4n) is 2.42. The van der Waals surface area contributed by atoms with Gasteiger partial charge >= 0.3 is 5.97 Å². The Balaban J connectivity index is 1.87. The van der Waals surface area contributed by atoms with Crippen LogP contribution < -0.4 is 0 Å². The minimum absolute atomic E-state index is 0.338. The number of halogens is 1. The number of rotatable bonds is 7. The molecule has 0 radical (unpaired) electrons. The molecule has 0 saturated carbocycles. The molecule has 3 heteroatoms. The molecule has 21 heavy (non-hydrogen) atoms. The molecule has 0 aromatic heterocycles. The van der Waals surface area contributed by atoms with Crippen molar-refractivity contribution in [3.05, 3.63) is 70.7 Å². The summed E-state index contributed by atoms with van der Waals surface area (Å²) < 4.78 is 0. The molecular weight excluding hydrogens is 284 g/mol. The van der Waals surface area contributed by atoms with Gasteiger partial charge in [-0.1, -0.05) is 54.1 Å². The van der Waals surface area contributed by atoms with Gasteiger partial charge in [-0.15, -0.1) is 0 Å². The van der Waals surface area contributed by atoms with Crippen molar-refractivity contribution in [2.45, 2.75) is 25.7 Å². The van der Waals surface area contributed by atoms with Crippen molar-refractivity contribution in [1.29, 1.82) is 0 Å². The summed E-state index contributed by atoms with van der Waals surface area (Å²) in [5.41, 5.74) is 2.28. The van der Waals surface area contributed by atoms with Gasteiger partial charge in [0.2, 0.25) is 0 Å². The van der Waals surface area contributed by atoms with Crippen LogP contribution in [0.15, 0.2) is 54.6 Å². The maximum Gasteiger partial charge on any atom is 0.306 e. The Morgan fingerprint density at radius 2 is 1.67 bits per heavy atom. The average Bonchev–Trinajstić information content (AvgIpc) is 2.49. The van der Waals surface area contributed by atoms with Crippen LogP contribution >= 0.6 is 11.6 Å². The second-order valence-electron chi connectivity index (χ2n) is 5.24. The largest absolute Gasteiger partial charge is 0.481 e. The van der Waals surface area contributed by atoms with Gasteiger partial charge in [0, 0.05) is 5.02 Å². The fourth-order valence-corrected chi connectivity index (χ4v) is 2.54. The molecule has 2 nitrogen and oxygen atoms in total. The van der Waals surface area contributed by atoms with Crippen LogP contribution in [0.5, 0.6) is 0 Å². The number of hydrogen-bond donors (Lipinski definition) is 1. The van der Waals surface area contributed by atoms with E-state index in [-0.39, 0.29) is 5.92 Å². The summed E-state index contributed by atoms with van der Waals surface area (Å²) in [7, 11) is 0. The van der Waals surface area contributed by atoms with E-state index in [9.17, 15) is 9.90 Å². The highest BCUT2D eigenvalue weighted by Gasteiger charge is 2.17. The maximum absolute atomic E-state index is 11.4. The third kappa shape index (κ3) is 5.24. The molecule has 2 aromatic rings. The predicted molar refractivity (Wildman–Crippen MR) is 85.7 cm³/mol. The molecule has 0 aliphatic rings. The van der Waals surface area contributed by atoms with Gasteiger partial charge in [-0.2, -0.15) is 0 Å². The summed E-state index contributed by atoms with van der Waals surface area (Å²) in [6.07, 6.45) is 3.05. The summed E-state index contributed by atoms with van der Waals surface area (Å²) >= 11 is 5.85. The molecule has 0 bridgehead atoms. The predicted octanol–water partition coefficient (Wildman–Crippen LogP) is 4.61. The zero-order valence-electron chi connectivity index (χ0n) is 11.8. The first-order valence-electron chi connectivity index (χ1n) is 7.16. The minimum atomic E-state index is -0.724. The second-order valence-corrected chi connectivity index (χ2v) is 5.68. The zero-order chi connectivity index (χ0) is 15.1. The standard InChI is InChI=1S/C18H19ClO2/c19-17-11-9-15(10-12-17)13-16(18(20)21)8-4-7-14-5-2-1-3-6-14/h1-3,5-6,9-12,16H,4,7-8,13H2,(H,20,21). The third-order valence-corrected chi connectivity index (χ3v) is 3.86. The Morgan fingerprint density at radius 3 is 2.29 bits per heavy atom. The number of benzene rings is 2. The maximum atomic E-state index is 11.4. The van der Waals surface area contributed by atoms with Crippen molar-refractivity contribution in [1.82, 2.24) is 0 Å². The van der Waals surface area contributed by atoms with Crippen molar-refractivity contribution >= 4 is 17.6 Å². The Bertz CT molecular complexity index is 564. The van der Waals surface area contributed by atoms with Crippen molar-refractivity contribution in [3.63, 3.8) is 0 Å². The first-order valence-corrected chi connectivity index (χ1v) is 7.54. The van der Waals surface area contributed by atoms with Crippen LogP contribution in [-0.4, -0.2) is 11.1 Å². The van der Waals surface area contributed by atoms with Crippen LogP contribution in [0.2, 0.25) is 5.02 Å². The first kappa shape index (κ1) is 15.6. The molecule has 0 fully saturated rings. The smallest absolute Gasteiger partial charge is 0.306 e. The van der Waals surface area contributed by atoms with E-state index in [0.29, 0.717) is 17.9 Å². The van der Waals surface area contributed by atoms with Crippen LogP contribution in [0.3, 0.4) is 0 Å². The summed E-state index contributed by atoms with van der Waals surface area (Å²) in [5.74, 6) is -1.06. The van der Waals surface area contributed by atoms with Crippen LogP contribution in [-0.2, 0) is 17.6 Å². The van der Waals surface area contributed by atoms with E-state index in [1.165, 1.54) is 5.56 Å². The Morgan fingerprint density at radius 1 is 1.00 bits per heavy atom. The molecule has 110 valence electrons. The van der Waals surface area contributed by atoms with E-state index in [4.69, 9.17) is 11.6 Å². The molecule has 0 spiro atoms. The van der Waals surface area contributed by atoms with E-state index >= 15 is 0 Å². The van der Waals surface area contributed by atoms with Gasteiger partial charge in [0.05, 0.1) is 5.92 Å². The first-order chi connectivity index (χ1) is 10.1. The zero-order valence-corrected chi connectivity index (χ0v) is 12.6. The van der Waals surface area contributed by atoms with E-state index in [2.05, 4.69) is 12.1 Å². The van der Waals surface area contributed by atoms with Gasteiger partial charge in [0.25, 0.3) is 0 Å². The lowest BCUT2D eigenvalue weighted by Gasteiger charge is -2.12. The van der Waals surface area contributed by atoms with E-state index in [1.54, 1.807) is 12.1 Å². The molecule has 0 aliphatic carbocycles. The summed E-state index contributed by atoms with van der Waals surface area (Å²) in [4.78, 5) is 11.4. The highest BCUT2D eigenvalue weighted by atomic mass is 35.5. The van der Waals surface area contributed by atoms with Gasteiger partial charge < -0.3 is 5.11 Å². The molecule has 1 unspecified atom stereocenters. The number of carbonyl (C=O) groups is 1. The molecule has 0 heterocycles. The summed E-state index contributed by atoms with van der Waals surface area (Å²) in [5, 5.41) is 10.0. The lowest BCUT2D eigenvalue weighted by molar-refractivity contribution is -0.141. The molecule has 0 amide bonds. The summed E-state index contributed by atoms with van der Waals surface area (Å²) in [6.45, 7) is 0. The number of aryl methyl sites for hydroxylation is 1. The van der Waals surface area contributed by atoms with Gasteiger partial charge in [-0.05, 0) is 48.9 Å². The quantitative estimate of drug-likeness (QED) is 0.811. The molecule has 2 aromatic carbocycles. The van der Waals surface area contributed by atoms with Gasteiger partial charge in [0.15, 0.2) is 0 Å². The minimum Gasteiger partial charge on any atom is -0.481 e. The number of carboxylic acid groups (broad SMARTS) is 1. The number of aliphatic carboxylic acids is 1. The lowest BCUT2D eigenvalue weighted by atomic mass is 9.93. The van der Waals surface area contributed by atoms with Crippen molar-refractivity contribution in [2.75, 3.05) is 0 Å². The van der Waals surface area contributed by atoms with E-state index in [1.807, 2.05) is 30.3 Å². The summed E-state index contributed by atoms with van der Waals surface area (Å²) in [6, 6.07) is 17.6. The number of hydrogen-bond acceptors (Lipinski definition) is 1. The average molecular weight is 303 g/mol. The molecule has 1 atom stereocenters. The van der Waals surface area contributed by atoms with Gasteiger partial charge in [0.1, 0.15) is 0 Å². The molecule has 0 saturated heterocycles. The molecular formula is C18H19ClO2. The third-order valence-electron chi connectivity index (χ3n) is 3.61. The van der Waals surface area contributed by atoms with Crippen LogP contribution in [0.1, 0.15) is 24.0 Å². The van der Waals surface area contributed by atoms with Crippen LogP contribution in [0.4, 0.5) is 0 Å². The molecule has 1 N–H and O–H groups in total. The topological polar surface area (TPSA) is 37.3 Å². The molecule has 2 rings (SSSR count).